The zero-order chi connectivity index (χ0) is 23.5. The highest BCUT2D eigenvalue weighted by Crippen LogP contribution is 2.36. The molecule has 2 aromatic rings. The Morgan fingerprint density at radius 3 is 2.44 bits per heavy atom. The summed E-state index contributed by atoms with van der Waals surface area (Å²) >= 11 is 6.50. The third kappa shape index (κ3) is 7.06. The lowest BCUT2D eigenvalue weighted by molar-refractivity contribution is 0.0864. The van der Waals surface area contributed by atoms with Crippen LogP contribution in [-0.4, -0.2) is 22.9 Å². The molecule has 0 aromatic heterocycles. The Hall–Kier alpha value is -1.88. The maximum absolute atomic E-state index is 13.0. The van der Waals surface area contributed by atoms with E-state index in [0.29, 0.717) is 34.7 Å². The number of nitrogens with one attached hydrogen (secondary N) is 2. The zero-order valence-corrected chi connectivity index (χ0v) is 21.0. The van der Waals surface area contributed by atoms with Crippen molar-refractivity contribution in [2.75, 3.05) is 0 Å². The summed E-state index contributed by atoms with van der Waals surface area (Å²) in [5, 5.41) is 7.53. The molecule has 4 nitrogen and oxygen atoms in total. The second-order valence-electron chi connectivity index (χ2n) is 10.7. The van der Waals surface area contributed by atoms with Crippen LogP contribution in [-0.2, 0) is 6.54 Å². The van der Waals surface area contributed by atoms with E-state index >= 15 is 0 Å². The predicted molar refractivity (Wildman–Crippen MR) is 133 cm³/mol. The van der Waals surface area contributed by atoms with Crippen molar-refractivity contribution in [3.63, 3.8) is 0 Å². The van der Waals surface area contributed by atoms with Crippen LogP contribution in [0.25, 0.3) is 0 Å². The molecule has 0 bridgehead atoms. The van der Waals surface area contributed by atoms with Crippen molar-refractivity contribution in [3.05, 3.63) is 58.6 Å². The molecular weight excluding hydrogens is 420 g/mol. The van der Waals surface area contributed by atoms with Gasteiger partial charge in [-0.05, 0) is 82.3 Å². The van der Waals surface area contributed by atoms with Gasteiger partial charge in [-0.25, -0.2) is 0 Å². The average molecular weight is 457 g/mol. The molecule has 5 heteroatoms. The summed E-state index contributed by atoms with van der Waals surface area (Å²) in [6, 6.07) is 13.7. The number of hydrogen-bond donors (Lipinski definition) is 2. The molecule has 1 aliphatic rings. The third-order valence-electron chi connectivity index (χ3n) is 5.84. The van der Waals surface area contributed by atoms with Gasteiger partial charge in [-0.2, -0.15) is 0 Å². The van der Waals surface area contributed by atoms with E-state index in [4.69, 9.17) is 16.3 Å². The smallest absolute Gasteiger partial charge is 0.163 e. The van der Waals surface area contributed by atoms with Crippen LogP contribution in [0.5, 0.6) is 11.5 Å². The van der Waals surface area contributed by atoms with E-state index in [-0.39, 0.29) is 16.9 Å². The maximum atomic E-state index is 13.0. The Labute approximate surface area is 198 Å². The standard InChI is InChI=1S/C27H37ClN2O2/c1-18(2)29-17-19-8-7-9-22(12-19)32-25-11-10-21(14-23(25)28)24(31)13-20-15-26(3,4)30-27(5,6)16-20/h7-12,14,18,20,29-30H,13,15-17H2,1-6H3. The minimum absolute atomic E-state index is 0.0290. The molecule has 1 fully saturated rings. The maximum Gasteiger partial charge on any atom is 0.163 e. The number of Topliss-reactive ketones (excluding diaryl/α,β-unsaturated/α-hetero) is 1. The van der Waals surface area contributed by atoms with Gasteiger partial charge in [0.25, 0.3) is 0 Å². The van der Waals surface area contributed by atoms with E-state index in [9.17, 15) is 4.79 Å². The number of carbonyl (C=O) groups is 1. The highest BCUT2D eigenvalue weighted by molar-refractivity contribution is 6.32. The quantitative estimate of drug-likeness (QED) is 0.431. The van der Waals surface area contributed by atoms with Gasteiger partial charge in [0.15, 0.2) is 5.78 Å². The van der Waals surface area contributed by atoms with E-state index < -0.39 is 0 Å². The molecule has 0 radical (unpaired) electrons. The van der Waals surface area contributed by atoms with Gasteiger partial charge in [-0.1, -0.05) is 37.6 Å². The minimum Gasteiger partial charge on any atom is -0.456 e. The van der Waals surface area contributed by atoms with E-state index in [2.05, 4.69) is 58.2 Å². The van der Waals surface area contributed by atoms with Crippen LogP contribution in [0.15, 0.2) is 42.5 Å². The molecular formula is C27H37ClN2O2. The van der Waals surface area contributed by atoms with Crippen molar-refractivity contribution in [2.24, 2.45) is 5.92 Å². The Bertz CT molecular complexity index is 936. The number of ether oxygens (including phenoxy) is 1. The van der Waals surface area contributed by atoms with Crippen LogP contribution in [0, 0.1) is 5.92 Å². The molecule has 174 valence electrons. The summed E-state index contributed by atoms with van der Waals surface area (Å²) in [6.07, 6.45) is 2.51. The lowest BCUT2D eigenvalue weighted by Crippen LogP contribution is -2.57. The number of benzene rings is 2. The molecule has 1 saturated heterocycles. The number of piperidine rings is 1. The molecule has 1 aliphatic heterocycles. The minimum atomic E-state index is 0.0290. The average Bonchev–Trinajstić information content (AvgIpc) is 2.65. The first kappa shape index (κ1) is 24.8. The van der Waals surface area contributed by atoms with Crippen LogP contribution in [0.3, 0.4) is 0 Å². The fraction of sp³-hybridized carbons (Fsp3) is 0.519. The third-order valence-corrected chi connectivity index (χ3v) is 6.14. The monoisotopic (exact) mass is 456 g/mol. The van der Waals surface area contributed by atoms with Crippen LogP contribution in [0.1, 0.15) is 76.7 Å². The van der Waals surface area contributed by atoms with E-state index in [0.717, 1.165) is 30.7 Å². The van der Waals surface area contributed by atoms with Gasteiger partial charge in [-0.3, -0.25) is 4.79 Å². The molecule has 3 rings (SSSR count). The van der Waals surface area contributed by atoms with E-state index in [1.54, 1.807) is 12.1 Å². The van der Waals surface area contributed by atoms with Gasteiger partial charge in [0, 0.05) is 35.6 Å². The molecule has 0 amide bonds. The topological polar surface area (TPSA) is 50.4 Å². The zero-order valence-electron chi connectivity index (χ0n) is 20.2. The Kier molecular flexibility index (Phi) is 7.69. The lowest BCUT2D eigenvalue weighted by Gasteiger charge is -2.46. The molecule has 0 saturated carbocycles. The van der Waals surface area contributed by atoms with Crippen LogP contribution in [0.4, 0.5) is 0 Å². The molecule has 1 heterocycles. The Morgan fingerprint density at radius 2 is 1.81 bits per heavy atom. The molecule has 32 heavy (non-hydrogen) atoms. The first-order chi connectivity index (χ1) is 14.9. The summed E-state index contributed by atoms with van der Waals surface area (Å²) in [6.45, 7) is 13.9. The van der Waals surface area contributed by atoms with E-state index in [1.165, 1.54) is 0 Å². The second-order valence-corrected chi connectivity index (χ2v) is 11.1. The Morgan fingerprint density at radius 1 is 1.12 bits per heavy atom. The fourth-order valence-electron chi connectivity index (χ4n) is 4.98. The van der Waals surface area contributed by atoms with Crippen molar-refractivity contribution < 1.29 is 9.53 Å². The number of rotatable bonds is 8. The normalized spacial score (nSPS) is 18.0. The van der Waals surface area contributed by atoms with Gasteiger partial charge < -0.3 is 15.4 Å². The summed E-state index contributed by atoms with van der Waals surface area (Å²) in [5.41, 5.74) is 1.85. The van der Waals surface area contributed by atoms with E-state index in [1.807, 2.05) is 24.3 Å². The first-order valence-corrected chi connectivity index (χ1v) is 11.9. The van der Waals surface area contributed by atoms with Gasteiger partial charge >= 0.3 is 0 Å². The fourth-order valence-corrected chi connectivity index (χ4v) is 5.20. The number of halogens is 1. The van der Waals surface area contributed by atoms with Crippen molar-refractivity contribution in [3.8, 4) is 11.5 Å². The molecule has 0 spiro atoms. The van der Waals surface area contributed by atoms with Crippen molar-refractivity contribution in [1.82, 2.24) is 10.6 Å². The van der Waals surface area contributed by atoms with Gasteiger partial charge in [-0.15, -0.1) is 0 Å². The summed E-state index contributed by atoms with van der Waals surface area (Å²) in [5.74, 6) is 1.78. The van der Waals surface area contributed by atoms with Crippen molar-refractivity contribution in [1.29, 1.82) is 0 Å². The molecule has 2 aromatic carbocycles. The first-order valence-electron chi connectivity index (χ1n) is 11.5. The molecule has 0 unspecified atom stereocenters. The van der Waals surface area contributed by atoms with Crippen LogP contribution >= 0.6 is 11.6 Å². The highest BCUT2D eigenvalue weighted by Gasteiger charge is 2.38. The largest absolute Gasteiger partial charge is 0.456 e. The summed E-state index contributed by atoms with van der Waals surface area (Å²) in [7, 11) is 0. The van der Waals surface area contributed by atoms with Gasteiger partial charge in [0.2, 0.25) is 0 Å². The molecule has 0 aliphatic carbocycles. The lowest BCUT2D eigenvalue weighted by atomic mass is 9.74. The number of ketones is 1. The molecule has 2 N–H and O–H groups in total. The second kappa shape index (κ2) is 9.94. The SMILES string of the molecule is CC(C)NCc1cccc(Oc2ccc(C(=O)CC3CC(C)(C)NC(C)(C)C3)cc2Cl)c1. The highest BCUT2D eigenvalue weighted by atomic mass is 35.5. The van der Waals surface area contributed by atoms with Crippen LogP contribution < -0.4 is 15.4 Å². The summed E-state index contributed by atoms with van der Waals surface area (Å²) in [4.78, 5) is 13.0. The van der Waals surface area contributed by atoms with Crippen molar-refractivity contribution >= 4 is 17.4 Å². The molecule has 0 atom stereocenters. The predicted octanol–water partition coefficient (Wildman–Crippen LogP) is 6.76. The summed E-state index contributed by atoms with van der Waals surface area (Å²) < 4.78 is 6.02. The van der Waals surface area contributed by atoms with Crippen molar-refractivity contribution in [2.45, 2.75) is 84.5 Å². The Balaban J connectivity index is 1.66. The number of carbonyl (C=O) groups excluding carboxylic acids is 1. The number of hydrogen-bond acceptors (Lipinski definition) is 4. The van der Waals surface area contributed by atoms with Gasteiger partial charge in [0.05, 0.1) is 5.02 Å². The van der Waals surface area contributed by atoms with Crippen LogP contribution in [0.2, 0.25) is 5.02 Å². The van der Waals surface area contributed by atoms with Gasteiger partial charge in [0.1, 0.15) is 11.5 Å².